The number of hydrogen-bond acceptors (Lipinski definition) is 5. The van der Waals surface area contributed by atoms with Crippen molar-refractivity contribution in [1.82, 2.24) is 0 Å². The number of aliphatic hydroxyl groups is 1. The summed E-state index contributed by atoms with van der Waals surface area (Å²) >= 11 is 0. The van der Waals surface area contributed by atoms with Gasteiger partial charge in [-0.3, -0.25) is 4.55 Å². The number of esters is 1. The fourth-order valence-electron chi connectivity index (χ4n) is 2.10. The largest absolute Gasteiger partial charge is 0.465 e. The third-order valence-corrected chi connectivity index (χ3v) is 3.98. The van der Waals surface area contributed by atoms with Crippen molar-refractivity contribution in [3.63, 3.8) is 0 Å². The lowest BCUT2D eigenvalue weighted by atomic mass is 9.82. The molecule has 9 heteroatoms. The van der Waals surface area contributed by atoms with E-state index in [0.717, 1.165) is 12.8 Å². The molecule has 0 aromatic carbocycles. The molecule has 2 atom stereocenters. The highest BCUT2D eigenvalue weighted by atomic mass is 32.2. The molecule has 0 saturated heterocycles. The van der Waals surface area contributed by atoms with Gasteiger partial charge in [0.2, 0.25) is 0 Å². The molecule has 6 nitrogen and oxygen atoms in total. The van der Waals surface area contributed by atoms with Crippen molar-refractivity contribution in [1.29, 1.82) is 0 Å². The molecule has 1 rings (SSSR count). The molecule has 0 aliphatic heterocycles. The van der Waals surface area contributed by atoms with Crippen LogP contribution in [0, 0.1) is 11.8 Å². The number of carbonyl (C=O) groups is 1. The Hall–Kier alpha value is -0.800. The first kappa shape index (κ1) is 16.3. The highest BCUT2D eigenvalue weighted by Gasteiger charge is 2.54. The Morgan fingerprint density at radius 2 is 1.89 bits per heavy atom. The van der Waals surface area contributed by atoms with E-state index >= 15 is 0 Å². The molecule has 1 fully saturated rings. The molecule has 2 N–H and O–H groups in total. The zero-order chi connectivity index (χ0) is 14.7. The van der Waals surface area contributed by atoms with E-state index in [4.69, 9.17) is 9.66 Å². The molecule has 0 aromatic rings. The highest BCUT2D eigenvalue weighted by Crippen LogP contribution is 2.30. The molecule has 2 unspecified atom stereocenters. The van der Waals surface area contributed by atoms with E-state index in [1.165, 1.54) is 0 Å². The average molecular weight is 302 g/mol. The highest BCUT2D eigenvalue weighted by molar-refractivity contribution is 7.87. The van der Waals surface area contributed by atoms with Crippen molar-refractivity contribution in [3.05, 3.63) is 0 Å². The zero-order valence-corrected chi connectivity index (χ0v) is 10.9. The second kappa shape index (κ2) is 6.10. The summed E-state index contributed by atoms with van der Waals surface area (Å²) in [7, 11) is -5.82. The van der Waals surface area contributed by atoms with Crippen LogP contribution in [-0.4, -0.2) is 42.5 Å². The maximum Gasteiger partial charge on any atom is 0.465 e. The first-order valence-electron chi connectivity index (χ1n) is 5.81. The molecule has 1 saturated carbocycles. The van der Waals surface area contributed by atoms with Crippen molar-refractivity contribution < 1.29 is 36.4 Å². The minimum atomic E-state index is -5.82. The molecule has 0 spiro atoms. The second-order valence-electron chi connectivity index (χ2n) is 4.67. The van der Waals surface area contributed by atoms with E-state index in [1.807, 2.05) is 0 Å². The Bertz CT molecular complexity index is 422. The van der Waals surface area contributed by atoms with E-state index < -0.39 is 21.3 Å². The molecule has 0 amide bonds. The van der Waals surface area contributed by atoms with Crippen LogP contribution in [-0.2, 0) is 19.6 Å². The van der Waals surface area contributed by atoms with Gasteiger partial charge in [0.05, 0.1) is 6.61 Å². The summed E-state index contributed by atoms with van der Waals surface area (Å²) in [5, 5.41) is 4.04. The first-order valence-corrected chi connectivity index (χ1v) is 7.25. The smallest absolute Gasteiger partial charge is 0.460 e. The molecule has 0 bridgehead atoms. The Morgan fingerprint density at radius 3 is 2.42 bits per heavy atom. The lowest BCUT2D eigenvalue weighted by molar-refractivity contribution is -0.163. The van der Waals surface area contributed by atoms with E-state index in [0.29, 0.717) is 12.8 Å². The summed E-state index contributed by atoms with van der Waals surface area (Å²) in [4.78, 5) is 10.9. The summed E-state index contributed by atoms with van der Waals surface area (Å²) in [5.74, 6) is -2.42. The maximum atomic E-state index is 12.9. The van der Waals surface area contributed by atoms with Gasteiger partial charge in [0.1, 0.15) is 0 Å². The van der Waals surface area contributed by atoms with Gasteiger partial charge in [-0.25, -0.2) is 4.79 Å². The van der Waals surface area contributed by atoms with E-state index in [2.05, 4.69) is 4.74 Å². The van der Waals surface area contributed by atoms with Crippen LogP contribution in [0.25, 0.3) is 0 Å². The second-order valence-corrected chi connectivity index (χ2v) is 6.13. The Balaban J connectivity index is 2.51. The number of aliphatic hydroxyl groups excluding tert-OH is 1. The van der Waals surface area contributed by atoms with Crippen LogP contribution in [0.3, 0.4) is 0 Å². The Labute approximate surface area is 109 Å². The van der Waals surface area contributed by atoms with Gasteiger partial charge < -0.3 is 9.84 Å². The lowest BCUT2D eigenvalue weighted by Crippen LogP contribution is -2.39. The standard InChI is InChI=1S/C10H16F2O6S/c11-10(12,19(15,16)17)9(14)18-6-8-3-1-2-7(4-8)5-13/h7-8,13H,1-6H2,(H,15,16,17). The molecule has 0 radical (unpaired) electrons. The van der Waals surface area contributed by atoms with Crippen molar-refractivity contribution in [2.75, 3.05) is 13.2 Å². The first-order chi connectivity index (χ1) is 8.68. The van der Waals surface area contributed by atoms with Gasteiger partial charge in [0, 0.05) is 6.61 Å². The zero-order valence-electron chi connectivity index (χ0n) is 10.1. The number of rotatable bonds is 5. The summed E-state index contributed by atoms with van der Waals surface area (Å²) in [6, 6.07) is 0. The van der Waals surface area contributed by atoms with Crippen molar-refractivity contribution in [2.24, 2.45) is 11.8 Å². The van der Waals surface area contributed by atoms with Crippen LogP contribution in [0.2, 0.25) is 0 Å². The average Bonchev–Trinajstić information content (AvgIpc) is 2.34. The van der Waals surface area contributed by atoms with Gasteiger partial charge in [-0.1, -0.05) is 6.42 Å². The van der Waals surface area contributed by atoms with E-state index in [9.17, 15) is 22.0 Å². The molecule has 0 heterocycles. The SMILES string of the molecule is O=C(OCC1CCCC(CO)C1)C(F)(F)S(=O)(=O)O. The molecule has 1 aliphatic carbocycles. The fourth-order valence-corrected chi connectivity index (χ4v) is 2.37. The van der Waals surface area contributed by atoms with Gasteiger partial charge in [0.25, 0.3) is 0 Å². The minimum absolute atomic E-state index is 0.0222. The predicted molar refractivity (Wildman–Crippen MR) is 60.0 cm³/mol. The molecule has 112 valence electrons. The molecule has 19 heavy (non-hydrogen) atoms. The van der Waals surface area contributed by atoms with Crippen molar-refractivity contribution >= 4 is 16.1 Å². The van der Waals surface area contributed by atoms with Gasteiger partial charge in [-0.05, 0) is 31.1 Å². The molecular formula is C10H16F2O6S. The van der Waals surface area contributed by atoms with Crippen LogP contribution in [0.1, 0.15) is 25.7 Å². The van der Waals surface area contributed by atoms with Crippen molar-refractivity contribution in [3.8, 4) is 0 Å². The summed E-state index contributed by atoms with van der Waals surface area (Å²) in [6.07, 6.45) is 2.78. The quantitative estimate of drug-likeness (QED) is 0.575. The van der Waals surface area contributed by atoms with Gasteiger partial charge in [-0.2, -0.15) is 17.2 Å². The van der Waals surface area contributed by atoms with Crippen LogP contribution in [0.5, 0.6) is 0 Å². The number of halogens is 2. The summed E-state index contributed by atoms with van der Waals surface area (Å²) < 4.78 is 58.8. The molecule has 0 aromatic heterocycles. The van der Waals surface area contributed by atoms with Crippen LogP contribution >= 0.6 is 0 Å². The van der Waals surface area contributed by atoms with Crippen LogP contribution in [0.15, 0.2) is 0 Å². The lowest BCUT2D eigenvalue weighted by Gasteiger charge is -2.27. The molecule has 1 aliphatic rings. The Kier molecular flexibility index (Phi) is 5.22. The fraction of sp³-hybridized carbons (Fsp3) is 0.900. The van der Waals surface area contributed by atoms with Crippen LogP contribution < -0.4 is 0 Å². The number of hydrogen-bond donors (Lipinski definition) is 2. The summed E-state index contributed by atoms with van der Waals surface area (Å²) in [5.41, 5.74) is 0. The van der Waals surface area contributed by atoms with Crippen molar-refractivity contribution in [2.45, 2.75) is 30.9 Å². The van der Waals surface area contributed by atoms with E-state index in [-0.39, 0.29) is 25.0 Å². The Morgan fingerprint density at radius 1 is 1.32 bits per heavy atom. The number of ether oxygens (including phenoxy) is 1. The molecular weight excluding hydrogens is 286 g/mol. The number of alkyl halides is 2. The third kappa shape index (κ3) is 4.08. The third-order valence-electron chi connectivity index (χ3n) is 3.16. The topological polar surface area (TPSA) is 101 Å². The van der Waals surface area contributed by atoms with E-state index in [1.54, 1.807) is 0 Å². The normalized spacial score (nSPS) is 25.1. The monoisotopic (exact) mass is 302 g/mol. The van der Waals surface area contributed by atoms with Crippen LogP contribution in [0.4, 0.5) is 8.78 Å². The summed E-state index contributed by atoms with van der Waals surface area (Å²) in [6.45, 7) is -0.369. The maximum absolute atomic E-state index is 12.9. The van der Waals surface area contributed by atoms with Gasteiger partial charge in [-0.15, -0.1) is 0 Å². The minimum Gasteiger partial charge on any atom is -0.460 e. The number of carbonyl (C=O) groups excluding carboxylic acids is 1. The predicted octanol–water partition coefficient (Wildman–Crippen LogP) is 0.809. The van der Waals surface area contributed by atoms with Gasteiger partial charge in [0.15, 0.2) is 0 Å². The van der Waals surface area contributed by atoms with Gasteiger partial charge >= 0.3 is 21.3 Å².